The van der Waals surface area contributed by atoms with Gasteiger partial charge in [-0.15, -0.1) is 0 Å². The fraction of sp³-hybridized carbons (Fsp3) is 0.0588. The predicted octanol–water partition coefficient (Wildman–Crippen LogP) is 14.6. The van der Waals surface area contributed by atoms with Crippen molar-refractivity contribution >= 4 is 60.9 Å². The molecule has 2 aromatic heterocycles. The SMILES string of the molecule is CC1(C)c2ccccc2-c2c(-c3ccccc3N(c3ccc4c(c3)oc3ccccc34)c3ccccc3-c3ccc4c(c3)oc3ccccc34)cccc21. The lowest BCUT2D eigenvalue weighted by Crippen LogP contribution is -2.15. The Labute approximate surface area is 313 Å². The molecule has 1 aliphatic rings. The minimum atomic E-state index is -0.106. The number of benzene rings is 8. The molecule has 256 valence electrons. The minimum Gasteiger partial charge on any atom is -0.456 e. The third-order valence-electron chi connectivity index (χ3n) is 11.5. The van der Waals surface area contributed by atoms with Crippen LogP contribution in [0, 0.1) is 0 Å². The van der Waals surface area contributed by atoms with E-state index in [9.17, 15) is 0 Å². The molecule has 54 heavy (non-hydrogen) atoms. The van der Waals surface area contributed by atoms with E-state index >= 15 is 0 Å². The van der Waals surface area contributed by atoms with Crippen LogP contribution in [0.1, 0.15) is 25.0 Å². The van der Waals surface area contributed by atoms with Crippen LogP contribution in [0.2, 0.25) is 0 Å². The number of nitrogens with zero attached hydrogens (tertiary/aromatic N) is 1. The Hall–Kier alpha value is -6.84. The molecule has 3 heteroatoms. The minimum absolute atomic E-state index is 0.106. The Morgan fingerprint density at radius 2 is 0.907 bits per heavy atom. The first-order valence-electron chi connectivity index (χ1n) is 18.6. The highest BCUT2D eigenvalue weighted by Gasteiger charge is 2.37. The first kappa shape index (κ1) is 30.8. The van der Waals surface area contributed by atoms with Crippen molar-refractivity contribution in [3.05, 3.63) is 187 Å². The van der Waals surface area contributed by atoms with Gasteiger partial charge in [-0.3, -0.25) is 0 Å². The summed E-state index contributed by atoms with van der Waals surface area (Å²) in [6.45, 7) is 4.69. The first-order chi connectivity index (χ1) is 26.5. The largest absolute Gasteiger partial charge is 0.456 e. The van der Waals surface area contributed by atoms with Gasteiger partial charge in [0.2, 0.25) is 0 Å². The van der Waals surface area contributed by atoms with E-state index in [-0.39, 0.29) is 5.41 Å². The van der Waals surface area contributed by atoms with Crippen LogP contribution in [0.25, 0.3) is 77.3 Å². The van der Waals surface area contributed by atoms with Crippen LogP contribution in [-0.4, -0.2) is 0 Å². The molecule has 11 rings (SSSR count). The lowest BCUT2D eigenvalue weighted by Gasteiger charge is -2.30. The summed E-state index contributed by atoms with van der Waals surface area (Å²) in [7, 11) is 0. The van der Waals surface area contributed by atoms with E-state index in [1.807, 2.05) is 24.3 Å². The van der Waals surface area contributed by atoms with Crippen molar-refractivity contribution in [1.82, 2.24) is 0 Å². The molecule has 0 radical (unpaired) electrons. The predicted molar refractivity (Wildman–Crippen MR) is 224 cm³/mol. The van der Waals surface area contributed by atoms with Crippen LogP contribution in [0.5, 0.6) is 0 Å². The molecule has 0 amide bonds. The standard InChI is InChI=1S/C51H35NO2/c1-51(2)42-20-8-3-18-41(42)50-40(19-13-21-43(50)51)35-15-5-10-23-45(35)52(33-27-29-39-37-17-7-12-25-47(37)54-49(39)31-33)44-22-9-4-14-34(44)32-26-28-38-36-16-6-11-24-46(36)53-48(38)30-32/h3-31H,1-2H3. The summed E-state index contributed by atoms with van der Waals surface area (Å²) >= 11 is 0. The van der Waals surface area contributed by atoms with Crippen molar-refractivity contribution in [2.24, 2.45) is 0 Å². The molecule has 3 nitrogen and oxygen atoms in total. The molecule has 1 aliphatic carbocycles. The van der Waals surface area contributed by atoms with Gasteiger partial charge in [0.1, 0.15) is 22.3 Å². The number of fused-ring (bicyclic) bond motifs is 9. The van der Waals surface area contributed by atoms with Crippen molar-refractivity contribution in [2.45, 2.75) is 19.3 Å². The Balaban J connectivity index is 1.17. The van der Waals surface area contributed by atoms with E-state index in [1.54, 1.807) is 0 Å². The molecule has 2 heterocycles. The zero-order valence-electron chi connectivity index (χ0n) is 30.0. The van der Waals surface area contributed by atoms with Crippen molar-refractivity contribution in [3.8, 4) is 33.4 Å². The van der Waals surface area contributed by atoms with Gasteiger partial charge in [0.15, 0.2) is 0 Å². The van der Waals surface area contributed by atoms with E-state index in [0.717, 1.165) is 77.6 Å². The molecular weight excluding hydrogens is 659 g/mol. The second-order valence-electron chi connectivity index (χ2n) is 14.9. The molecule has 8 aromatic carbocycles. The van der Waals surface area contributed by atoms with Gasteiger partial charge in [-0.05, 0) is 81.9 Å². The number of anilines is 3. The molecule has 0 N–H and O–H groups in total. The summed E-state index contributed by atoms with van der Waals surface area (Å²) in [5.74, 6) is 0. The molecule has 0 saturated carbocycles. The van der Waals surface area contributed by atoms with Crippen LogP contribution in [0.4, 0.5) is 17.1 Å². The van der Waals surface area contributed by atoms with E-state index < -0.39 is 0 Å². The maximum Gasteiger partial charge on any atom is 0.137 e. The molecule has 0 unspecified atom stereocenters. The molecular formula is C51H35NO2. The van der Waals surface area contributed by atoms with Gasteiger partial charge in [0, 0.05) is 49.8 Å². The van der Waals surface area contributed by atoms with E-state index in [4.69, 9.17) is 8.83 Å². The van der Waals surface area contributed by atoms with Gasteiger partial charge >= 0.3 is 0 Å². The Kier molecular flexibility index (Phi) is 6.60. The quantitative estimate of drug-likeness (QED) is 0.180. The Morgan fingerprint density at radius 1 is 0.389 bits per heavy atom. The summed E-state index contributed by atoms with van der Waals surface area (Å²) in [4.78, 5) is 2.41. The Morgan fingerprint density at radius 3 is 1.65 bits per heavy atom. The smallest absolute Gasteiger partial charge is 0.137 e. The second kappa shape index (κ2) is 11.6. The third-order valence-corrected chi connectivity index (χ3v) is 11.5. The number of hydrogen-bond donors (Lipinski definition) is 0. The molecule has 0 aliphatic heterocycles. The van der Waals surface area contributed by atoms with Crippen molar-refractivity contribution in [3.63, 3.8) is 0 Å². The fourth-order valence-corrected chi connectivity index (χ4v) is 8.94. The van der Waals surface area contributed by atoms with Crippen molar-refractivity contribution in [1.29, 1.82) is 0 Å². The second-order valence-corrected chi connectivity index (χ2v) is 14.9. The number of hydrogen-bond acceptors (Lipinski definition) is 3. The number of furan rings is 2. The van der Waals surface area contributed by atoms with Crippen LogP contribution >= 0.6 is 0 Å². The average molecular weight is 694 g/mol. The summed E-state index contributed by atoms with van der Waals surface area (Å²) in [6.07, 6.45) is 0. The molecule has 0 spiro atoms. The maximum atomic E-state index is 6.51. The number of para-hydroxylation sites is 4. The van der Waals surface area contributed by atoms with E-state index in [1.165, 1.54) is 27.8 Å². The van der Waals surface area contributed by atoms with Crippen LogP contribution in [0.3, 0.4) is 0 Å². The average Bonchev–Trinajstić information content (AvgIpc) is 3.85. The maximum absolute atomic E-state index is 6.51. The topological polar surface area (TPSA) is 29.5 Å². The van der Waals surface area contributed by atoms with Gasteiger partial charge in [-0.1, -0.05) is 135 Å². The van der Waals surface area contributed by atoms with Crippen molar-refractivity contribution in [2.75, 3.05) is 4.90 Å². The molecule has 0 atom stereocenters. The van der Waals surface area contributed by atoms with E-state index in [2.05, 4.69) is 170 Å². The first-order valence-corrected chi connectivity index (χ1v) is 18.6. The zero-order valence-corrected chi connectivity index (χ0v) is 30.0. The highest BCUT2D eigenvalue weighted by molar-refractivity contribution is 6.08. The van der Waals surface area contributed by atoms with Gasteiger partial charge in [-0.2, -0.15) is 0 Å². The van der Waals surface area contributed by atoms with Crippen molar-refractivity contribution < 1.29 is 8.83 Å². The highest BCUT2D eigenvalue weighted by atomic mass is 16.3. The summed E-state index contributed by atoms with van der Waals surface area (Å²) in [6, 6.07) is 63.0. The molecule has 0 saturated heterocycles. The lowest BCUT2D eigenvalue weighted by molar-refractivity contribution is 0.660. The lowest BCUT2D eigenvalue weighted by atomic mass is 9.82. The van der Waals surface area contributed by atoms with Crippen LogP contribution in [-0.2, 0) is 5.41 Å². The third kappa shape index (κ3) is 4.48. The van der Waals surface area contributed by atoms with E-state index in [0.29, 0.717) is 0 Å². The monoisotopic (exact) mass is 693 g/mol. The van der Waals surface area contributed by atoms with Gasteiger partial charge in [-0.25, -0.2) is 0 Å². The fourth-order valence-electron chi connectivity index (χ4n) is 8.94. The Bertz CT molecular complexity index is 3100. The molecule has 0 bridgehead atoms. The molecule has 0 fully saturated rings. The van der Waals surface area contributed by atoms with Gasteiger partial charge in [0.05, 0.1) is 11.4 Å². The summed E-state index contributed by atoms with van der Waals surface area (Å²) < 4.78 is 12.9. The highest BCUT2D eigenvalue weighted by Crippen LogP contribution is 2.54. The normalized spacial score (nSPS) is 13.1. The van der Waals surface area contributed by atoms with Gasteiger partial charge in [0.25, 0.3) is 0 Å². The van der Waals surface area contributed by atoms with Gasteiger partial charge < -0.3 is 13.7 Å². The summed E-state index contributed by atoms with van der Waals surface area (Å²) in [5.41, 5.74) is 16.5. The van der Waals surface area contributed by atoms with Crippen LogP contribution < -0.4 is 4.90 Å². The molecule has 10 aromatic rings. The van der Waals surface area contributed by atoms with Crippen LogP contribution in [0.15, 0.2) is 185 Å². The number of rotatable bonds is 5. The zero-order chi connectivity index (χ0) is 36.0. The summed E-state index contributed by atoms with van der Waals surface area (Å²) in [5, 5.41) is 4.46.